The minimum atomic E-state index is -0.970. The van der Waals surface area contributed by atoms with Gasteiger partial charge in [0.2, 0.25) is 0 Å². The number of benzene rings is 1. The number of ether oxygens (including phenoxy) is 1. The monoisotopic (exact) mass is 453 g/mol. The summed E-state index contributed by atoms with van der Waals surface area (Å²) in [5.41, 5.74) is 2.01. The van der Waals surface area contributed by atoms with Gasteiger partial charge in [-0.15, -0.1) is 0 Å². The van der Waals surface area contributed by atoms with Crippen molar-refractivity contribution in [2.24, 2.45) is 0 Å². The van der Waals surface area contributed by atoms with Crippen LogP contribution in [0.4, 0.5) is 0 Å². The van der Waals surface area contributed by atoms with Gasteiger partial charge in [-0.25, -0.2) is 0 Å². The first kappa shape index (κ1) is 23.7. The Labute approximate surface area is 195 Å². The molecule has 1 amide bonds. The summed E-state index contributed by atoms with van der Waals surface area (Å²) in [6, 6.07) is 11.7. The Bertz CT molecular complexity index is 993. The van der Waals surface area contributed by atoms with E-state index >= 15 is 0 Å². The lowest BCUT2D eigenvalue weighted by Crippen LogP contribution is -2.48. The molecule has 0 bridgehead atoms. The predicted octanol–water partition coefficient (Wildman–Crippen LogP) is 3.32. The van der Waals surface area contributed by atoms with Crippen LogP contribution in [0.15, 0.2) is 36.4 Å². The van der Waals surface area contributed by atoms with Crippen molar-refractivity contribution in [2.45, 2.75) is 70.9 Å². The van der Waals surface area contributed by atoms with Crippen molar-refractivity contribution in [3.63, 3.8) is 0 Å². The maximum atomic E-state index is 13.5. The average molecular weight is 454 g/mol. The zero-order valence-corrected chi connectivity index (χ0v) is 19.8. The number of rotatable bonds is 8. The van der Waals surface area contributed by atoms with Gasteiger partial charge < -0.3 is 24.6 Å². The molecule has 7 heteroatoms. The topological polar surface area (TPSA) is 83.8 Å². The van der Waals surface area contributed by atoms with Crippen LogP contribution in [0.25, 0.3) is 0 Å². The lowest BCUT2D eigenvalue weighted by molar-refractivity contribution is -0.000348. The van der Waals surface area contributed by atoms with Crippen molar-refractivity contribution in [2.75, 3.05) is 19.7 Å². The highest BCUT2D eigenvalue weighted by molar-refractivity contribution is 6.02. The third kappa shape index (κ3) is 4.90. The van der Waals surface area contributed by atoms with E-state index in [2.05, 4.69) is 24.4 Å². The summed E-state index contributed by atoms with van der Waals surface area (Å²) in [5, 5.41) is 14.0. The Hall–Kier alpha value is -2.48. The highest BCUT2D eigenvalue weighted by atomic mass is 16.5. The lowest BCUT2D eigenvalue weighted by atomic mass is 9.96. The van der Waals surface area contributed by atoms with Gasteiger partial charge in [0.1, 0.15) is 5.69 Å². The van der Waals surface area contributed by atoms with Gasteiger partial charge in [-0.3, -0.25) is 9.59 Å². The highest BCUT2D eigenvalue weighted by Gasteiger charge is 2.40. The van der Waals surface area contributed by atoms with Crippen molar-refractivity contribution in [1.82, 2.24) is 14.8 Å². The van der Waals surface area contributed by atoms with Crippen molar-refractivity contribution in [3.05, 3.63) is 58.9 Å². The number of aliphatic hydroxyl groups is 1. The number of aromatic nitrogens is 1. The average Bonchev–Trinajstić information content (AvgIpc) is 3.45. The maximum absolute atomic E-state index is 13.5. The lowest BCUT2D eigenvalue weighted by Gasteiger charge is -2.34. The molecule has 4 rings (SSSR count). The molecule has 2 N–H and O–H groups in total. The second kappa shape index (κ2) is 9.79. The number of ketones is 1. The molecule has 1 aromatic carbocycles. The zero-order valence-electron chi connectivity index (χ0n) is 19.8. The van der Waals surface area contributed by atoms with E-state index in [-0.39, 0.29) is 30.3 Å². The van der Waals surface area contributed by atoms with Gasteiger partial charge in [-0.2, -0.15) is 0 Å². The molecule has 2 atom stereocenters. The van der Waals surface area contributed by atoms with Crippen molar-refractivity contribution >= 4 is 11.7 Å². The number of nitrogens with one attached hydrogen (secondary N) is 1. The molecule has 2 aliphatic rings. The summed E-state index contributed by atoms with van der Waals surface area (Å²) in [6.07, 6.45) is 2.51. The fraction of sp³-hybridized carbons (Fsp3) is 0.538. The van der Waals surface area contributed by atoms with Gasteiger partial charge in [-0.1, -0.05) is 37.3 Å². The number of carbonyl (C=O) groups is 2. The first-order chi connectivity index (χ1) is 15.8. The molecule has 2 aliphatic heterocycles. The number of likely N-dealkylation sites (tertiary alicyclic amines) is 1. The molecule has 1 fully saturated rings. The molecule has 0 saturated carbocycles. The third-order valence-electron chi connectivity index (χ3n) is 6.87. The van der Waals surface area contributed by atoms with Crippen molar-refractivity contribution in [3.8, 4) is 0 Å². The smallest absolute Gasteiger partial charge is 0.270 e. The predicted molar refractivity (Wildman–Crippen MR) is 126 cm³/mol. The molecule has 0 aliphatic carbocycles. The van der Waals surface area contributed by atoms with Crippen LogP contribution in [0.3, 0.4) is 0 Å². The second-order valence-corrected chi connectivity index (χ2v) is 9.58. The Balaban J connectivity index is 1.56. The molecule has 0 spiro atoms. The number of nitrogens with zero attached hydrogens (tertiary/aromatic N) is 2. The highest BCUT2D eigenvalue weighted by Crippen LogP contribution is 2.30. The van der Waals surface area contributed by atoms with Crippen LogP contribution in [0, 0.1) is 0 Å². The van der Waals surface area contributed by atoms with Crippen LogP contribution in [0.5, 0.6) is 0 Å². The first-order valence-electron chi connectivity index (χ1n) is 12.0. The van der Waals surface area contributed by atoms with Crippen LogP contribution >= 0.6 is 0 Å². The minimum Gasteiger partial charge on any atom is -0.388 e. The molecule has 3 heterocycles. The number of Topliss-reactive ketones (excluding diaryl/α,β-unsaturated/α-hetero) is 1. The molecule has 33 heavy (non-hydrogen) atoms. The largest absolute Gasteiger partial charge is 0.388 e. The van der Waals surface area contributed by atoms with Crippen LogP contribution in [-0.2, 0) is 17.9 Å². The molecular weight excluding hydrogens is 418 g/mol. The summed E-state index contributed by atoms with van der Waals surface area (Å²) in [5.74, 6) is -0.163. The summed E-state index contributed by atoms with van der Waals surface area (Å²) >= 11 is 0. The van der Waals surface area contributed by atoms with Gasteiger partial charge in [0, 0.05) is 24.7 Å². The molecule has 2 aromatic rings. The van der Waals surface area contributed by atoms with Gasteiger partial charge >= 0.3 is 0 Å². The van der Waals surface area contributed by atoms with E-state index in [9.17, 15) is 14.7 Å². The third-order valence-corrected chi connectivity index (χ3v) is 6.87. The summed E-state index contributed by atoms with van der Waals surface area (Å²) < 4.78 is 7.58. The van der Waals surface area contributed by atoms with Crippen molar-refractivity contribution in [1.29, 1.82) is 0 Å². The molecule has 0 radical (unpaired) electrons. The Morgan fingerprint density at radius 3 is 2.70 bits per heavy atom. The van der Waals surface area contributed by atoms with E-state index in [4.69, 9.17) is 4.74 Å². The summed E-state index contributed by atoms with van der Waals surface area (Å²) in [6.45, 7) is 7.77. The number of hydrogen-bond donors (Lipinski definition) is 2. The molecule has 1 unspecified atom stereocenters. The Morgan fingerprint density at radius 1 is 1.24 bits per heavy atom. The quantitative estimate of drug-likeness (QED) is 0.599. The number of amides is 1. The van der Waals surface area contributed by atoms with E-state index in [0.29, 0.717) is 37.6 Å². The SMILES string of the molecule is CC[C@@H](NCC(=O)c1cc(C(=O)N2CCCC2C(C)(C)O)n2c1COCC2)c1ccccc1. The summed E-state index contributed by atoms with van der Waals surface area (Å²) in [7, 11) is 0. The maximum Gasteiger partial charge on any atom is 0.270 e. The standard InChI is InChI=1S/C26H35N3O4/c1-4-20(18-9-6-5-7-10-18)27-16-23(30)19-15-21(28-13-14-33-17-22(19)28)25(31)29-12-8-11-24(29)26(2,3)32/h5-7,9-10,15,20,24,27,32H,4,8,11-14,16-17H2,1-3H3/t20-,24?/m1/s1. The van der Waals surface area contributed by atoms with Gasteiger partial charge in [0.15, 0.2) is 5.78 Å². The fourth-order valence-electron chi connectivity index (χ4n) is 5.13. The van der Waals surface area contributed by atoms with Crippen LogP contribution in [-0.4, -0.2) is 57.6 Å². The molecule has 1 saturated heterocycles. The van der Waals surface area contributed by atoms with Gasteiger partial charge in [-0.05, 0) is 44.7 Å². The van der Waals surface area contributed by atoms with E-state index in [1.165, 1.54) is 0 Å². The molecule has 178 valence electrons. The zero-order chi connectivity index (χ0) is 23.6. The van der Waals surface area contributed by atoms with Crippen molar-refractivity contribution < 1.29 is 19.4 Å². The van der Waals surface area contributed by atoms with E-state index < -0.39 is 5.60 Å². The van der Waals surface area contributed by atoms with Crippen LogP contribution in [0.1, 0.15) is 78.2 Å². The van der Waals surface area contributed by atoms with Gasteiger partial charge in [0.05, 0.1) is 37.1 Å². The number of carbonyl (C=O) groups excluding carboxylic acids is 2. The number of fused-ring (bicyclic) bond motifs is 1. The van der Waals surface area contributed by atoms with E-state index in [0.717, 1.165) is 30.5 Å². The van der Waals surface area contributed by atoms with Crippen LogP contribution < -0.4 is 5.32 Å². The van der Waals surface area contributed by atoms with Gasteiger partial charge in [0.25, 0.3) is 5.91 Å². The molecule has 7 nitrogen and oxygen atoms in total. The molecule has 1 aromatic heterocycles. The second-order valence-electron chi connectivity index (χ2n) is 9.58. The first-order valence-corrected chi connectivity index (χ1v) is 12.0. The normalized spacial score (nSPS) is 19.4. The molecular formula is C26H35N3O4. The fourth-order valence-corrected chi connectivity index (χ4v) is 5.13. The van der Waals surface area contributed by atoms with E-state index in [1.807, 2.05) is 22.8 Å². The number of hydrogen-bond acceptors (Lipinski definition) is 5. The minimum absolute atomic E-state index is 0.0434. The summed E-state index contributed by atoms with van der Waals surface area (Å²) in [4.78, 5) is 28.6. The Kier molecular flexibility index (Phi) is 7.02. The van der Waals surface area contributed by atoms with E-state index in [1.54, 1.807) is 24.8 Å². The Morgan fingerprint density at radius 2 is 2.00 bits per heavy atom. The van der Waals surface area contributed by atoms with Crippen LogP contribution in [0.2, 0.25) is 0 Å².